The highest BCUT2D eigenvalue weighted by molar-refractivity contribution is 7.99. The summed E-state index contributed by atoms with van der Waals surface area (Å²) < 4.78 is 0. The van der Waals surface area contributed by atoms with E-state index < -0.39 is 0 Å². The van der Waals surface area contributed by atoms with Gasteiger partial charge in [-0.2, -0.15) is 5.10 Å². The topological polar surface area (TPSA) is 66.5 Å². The van der Waals surface area contributed by atoms with E-state index in [-0.39, 0.29) is 6.04 Å². The maximum atomic E-state index is 4.31. The first-order chi connectivity index (χ1) is 9.81. The highest BCUT2D eigenvalue weighted by Gasteiger charge is 2.07. The van der Waals surface area contributed by atoms with E-state index in [1.54, 1.807) is 23.1 Å². The van der Waals surface area contributed by atoms with Crippen LogP contribution in [0.15, 0.2) is 52.2 Å². The van der Waals surface area contributed by atoms with E-state index in [9.17, 15) is 0 Å². The van der Waals surface area contributed by atoms with Crippen LogP contribution in [0.5, 0.6) is 0 Å². The fourth-order valence-electron chi connectivity index (χ4n) is 1.73. The lowest BCUT2D eigenvalue weighted by Gasteiger charge is -2.12. The average molecular weight is 303 g/mol. The summed E-state index contributed by atoms with van der Waals surface area (Å²) in [5, 5.41) is 14.0. The number of aromatic nitrogens is 4. The van der Waals surface area contributed by atoms with Gasteiger partial charge in [-0.3, -0.25) is 5.10 Å². The van der Waals surface area contributed by atoms with Crippen LogP contribution in [-0.4, -0.2) is 20.2 Å². The molecule has 2 heterocycles. The van der Waals surface area contributed by atoms with Crippen molar-refractivity contribution in [2.24, 2.45) is 0 Å². The Morgan fingerprint density at radius 3 is 2.75 bits per heavy atom. The zero-order chi connectivity index (χ0) is 13.8. The lowest BCUT2D eigenvalue weighted by Crippen LogP contribution is -2.05. The van der Waals surface area contributed by atoms with Crippen LogP contribution in [0.4, 0.5) is 5.69 Å². The normalized spacial score (nSPS) is 12.2. The minimum absolute atomic E-state index is 0.211. The van der Waals surface area contributed by atoms with E-state index in [2.05, 4.69) is 56.7 Å². The van der Waals surface area contributed by atoms with Crippen molar-refractivity contribution in [3.63, 3.8) is 0 Å². The van der Waals surface area contributed by atoms with Crippen molar-refractivity contribution in [1.82, 2.24) is 20.2 Å². The molecule has 102 valence electrons. The summed E-state index contributed by atoms with van der Waals surface area (Å²) in [7, 11) is 0. The highest BCUT2D eigenvalue weighted by atomic mass is 32.2. The first-order valence-corrected chi connectivity index (χ1v) is 7.80. The van der Waals surface area contributed by atoms with Gasteiger partial charge in [-0.25, -0.2) is 9.97 Å². The van der Waals surface area contributed by atoms with Crippen LogP contribution < -0.4 is 5.32 Å². The van der Waals surface area contributed by atoms with Gasteiger partial charge in [-0.05, 0) is 31.2 Å². The van der Waals surface area contributed by atoms with E-state index in [0.717, 1.165) is 20.7 Å². The number of nitrogens with one attached hydrogen (secondary N) is 2. The standard InChI is InChI=1S/C13H13N5S2/c1-9(12-14-6-7-19-12)17-10-2-4-11(5-3-10)20-13-15-8-16-18-13/h2-9,17H,1H3,(H,15,16,18). The molecule has 1 unspecified atom stereocenters. The molecule has 0 saturated heterocycles. The van der Waals surface area contributed by atoms with Crippen molar-refractivity contribution in [3.8, 4) is 0 Å². The zero-order valence-electron chi connectivity index (χ0n) is 10.8. The number of H-pyrrole nitrogens is 1. The van der Waals surface area contributed by atoms with Crippen LogP contribution in [0.3, 0.4) is 0 Å². The van der Waals surface area contributed by atoms with Gasteiger partial charge < -0.3 is 5.32 Å². The van der Waals surface area contributed by atoms with Crippen molar-refractivity contribution in [2.45, 2.75) is 23.0 Å². The molecular formula is C13H13N5S2. The summed E-state index contributed by atoms with van der Waals surface area (Å²) in [5.41, 5.74) is 1.08. The molecule has 0 amide bonds. The van der Waals surface area contributed by atoms with Crippen molar-refractivity contribution >= 4 is 28.8 Å². The van der Waals surface area contributed by atoms with Gasteiger partial charge in [0.1, 0.15) is 11.3 Å². The lowest BCUT2D eigenvalue weighted by molar-refractivity contribution is 0.869. The molecule has 0 fully saturated rings. The number of rotatable bonds is 5. The Morgan fingerprint density at radius 2 is 2.10 bits per heavy atom. The van der Waals surface area contributed by atoms with Gasteiger partial charge in [-0.15, -0.1) is 11.3 Å². The van der Waals surface area contributed by atoms with Gasteiger partial charge in [0.2, 0.25) is 0 Å². The van der Waals surface area contributed by atoms with E-state index in [4.69, 9.17) is 0 Å². The molecule has 0 spiro atoms. The summed E-state index contributed by atoms with van der Waals surface area (Å²) in [4.78, 5) is 9.52. The zero-order valence-corrected chi connectivity index (χ0v) is 12.4. The first-order valence-electron chi connectivity index (χ1n) is 6.10. The molecule has 0 saturated carbocycles. The molecule has 2 N–H and O–H groups in total. The molecule has 0 aliphatic rings. The first kappa shape index (κ1) is 13.1. The molecule has 3 rings (SSSR count). The summed E-state index contributed by atoms with van der Waals surface area (Å²) in [6, 6.07) is 8.45. The summed E-state index contributed by atoms with van der Waals surface area (Å²) in [5.74, 6) is 0. The van der Waals surface area contributed by atoms with E-state index in [0.29, 0.717) is 0 Å². The van der Waals surface area contributed by atoms with Crippen LogP contribution >= 0.6 is 23.1 Å². The number of anilines is 1. The fourth-order valence-corrected chi connectivity index (χ4v) is 3.07. The van der Waals surface area contributed by atoms with Crippen LogP contribution in [0.2, 0.25) is 0 Å². The maximum absolute atomic E-state index is 4.31. The summed E-state index contributed by atoms with van der Waals surface area (Å²) in [6.45, 7) is 2.11. The van der Waals surface area contributed by atoms with Crippen molar-refractivity contribution in [3.05, 3.63) is 47.2 Å². The van der Waals surface area contributed by atoms with Gasteiger partial charge in [-0.1, -0.05) is 11.8 Å². The largest absolute Gasteiger partial charge is 0.376 e. The molecule has 0 radical (unpaired) electrons. The third-order valence-electron chi connectivity index (χ3n) is 2.67. The molecule has 1 atom stereocenters. The third kappa shape index (κ3) is 3.17. The maximum Gasteiger partial charge on any atom is 0.188 e. The number of aromatic amines is 1. The van der Waals surface area contributed by atoms with Crippen LogP contribution in [0.25, 0.3) is 0 Å². The molecule has 0 bridgehead atoms. The highest BCUT2D eigenvalue weighted by Crippen LogP contribution is 2.26. The summed E-state index contributed by atoms with van der Waals surface area (Å²) >= 11 is 3.21. The van der Waals surface area contributed by atoms with E-state index in [1.165, 1.54) is 6.33 Å². The number of hydrogen-bond donors (Lipinski definition) is 2. The molecule has 3 aromatic rings. The number of benzene rings is 1. The molecular weight excluding hydrogens is 290 g/mol. The molecule has 20 heavy (non-hydrogen) atoms. The van der Waals surface area contributed by atoms with Crippen LogP contribution in [0.1, 0.15) is 18.0 Å². The lowest BCUT2D eigenvalue weighted by atomic mass is 10.3. The molecule has 7 heteroatoms. The fraction of sp³-hybridized carbons (Fsp3) is 0.154. The Labute approximate surface area is 124 Å². The van der Waals surface area contributed by atoms with E-state index >= 15 is 0 Å². The predicted molar refractivity (Wildman–Crippen MR) is 81.1 cm³/mol. The molecule has 1 aromatic carbocycles. The second kappa shape index (κ2) is 6.06. The average Bonchev–Trinajstić information content (AvgIpc) is 3.13. The van der Waals surface area contributed by atoms with Gasteiger partial charge in [0.05, 0.1) is 6.04 Å². The molecule has 5 nitrogen and oxygen atoms in total. The van der Waals surface area contributed by atoms with Gasteiger partial charge in [0.25, 0.3) is 0 Å². The minimum Gasteiger partial charge on any atom is -0.376 e. The molecule has 2 aromatic heterocycles. The van der Waals surface area contributed by atoms with Crippen LogP contribution in [0, 0.1) is 0 Å². The summed E-state index contributed by atoms with van der Waals surface area (Å²) in [6.07, 6.45) is 3.34. The Morgan fingerprint density at radius 1 is 1.25 bits per heavy atom. The molecule has 0 aliphatic carbocycles. The number of nitrogens with zero attached hydrogens (tertiary/aromatic N) is 3. The Hall–Kier alpha value is -1.86. The van der Waals surface area contributed by atoms with Gasteiger partial charge in [0.15, 0.2) is 5.16 Å². The Balaban J connectivity index is 1.64. The van der Waals surface area contributed by atoms with Crippen molar-refractivity contribution in [2.75, 3.05) is 5.32 Å². The Bertz CT molecular complexity index is 634. The van der Waals surface area contributed by atoms with Crippen molar-refractivity contribution in [1.29, 1.82) is 0 Å². The van der Waals surface area contributed by atoms with Gasteiger partial charge in [0, 0.05) is 22.2 Å². The minimum atomic E-state index is 0.211. The third-order valence-corrected chi connectivity index (χ3v) is 4.52. The van der Waals surface area contributed by atoms with Crippen LogP contribution in [-0.2, 0) is 0 Å². The monoisotopic (exact) mass is 303 g/mol. The second-order valence-corrected chi connectivity index (χ2v) is 6.14. The number of thiazole rings is 1. The van der Waals surface area contributed by atoms with Crippen molar-refractivity contribution < 1.29 is 0 Å². The Kier molecular flexibility index (Phi) is 3.98. The smallest absolute Gasteiger partial charge is 0.188 e. The second-order valence-electron chi connectivity index (χ2n) is 4.15. The molecule has 0 aliphatic heterocycles. The van der Waals surface area contributed by atoms with E-state index in [1.807, 2.05) is 11.6 Å². The van der Waals surface area contributed by atoms with Gasteiger partial charge >= 0.3 is 0 Å². The SMILES string of the molecule is CC(Nc1ccc(Sc2ncn[nH]2)cc1)c1nccs1. The predicted octanol–water partition coefficient (Wildman–Crippen LogP) is 3.59. The quantitative estimate of drug-likeness (QED) is 0.754. The number of hydrogen-bond acceptors (Lipinski definition) is 6.